The van der Waals surface area contributed by atoms with Crippen molar-refractivity contribution in [2.24, 2.45) is 0 Å². The quantitative estimate of drug-likeness (QED) is 0.943. The Morgan fingerprint density at radius 3 is 2.67 bits per heavy atom. The molecule has 0 aliphatic carbocycles. The van der Waals surface area contributed by atoms with Crippen LogP contribution in [-0.4, -0.2) is 20.8 Å². The molecule has 1 N–H and O–H groups in total. The fourth-order valence-electron chi connectivity index (χ4n) is 2.62. The first-order chi connectivity index (χ1) is 10.1. The highest BCUT2D eigenvalue weighted by molar-refractivity contribution is 7.91. The number of hydrogen-bond acceptors (Lipinski definition) is 4. The molecule has 0 saturated heterocycles. The van der Waals surface area contributed by atoms with Crippen molar-refractivity contribution in [2.75, 3.05) is 17.7 Å². The number of nitrogens with one attached hydrogen (secondary N) is 1. The molecule has 1 aliphatic rings. The van der Waals surface area contributed by atoms with E-state index in [0.29, 0.717) is 11.5 Å². The highest BCUT2D eigenvalue weighted by Crippen LogP contribution is 2.37. The smallest absolute Gasteiger partial charge is 0.181 e. The molecule has 0 saturated carbocycles. The number of rotatable bonds is 4. The van der Waals surface area contributed by atoms with Crippen molar-refractivity contribution in [3.8, 4) is 5.75 Å². The van der Waals surface area contributed by atoms with Crippen LogP contribution >= 0.6 is 0 Å². The maximum atomic E-state index is 12.2. The SMILES string of the molecule is CCOc1ccccc1NC1CS(=O)(=O)c2ccccc21. The molecule has 0 spiro atoms. The van der Waals surface area contributed by atoms with Crippen molar-refractivity contribution >= 4 is 15.5 Å². The molecular formula is C16H17NO3S. The van der Waals surface area contributed by atoms with Crippen LogP contribution in [0.3, 0.4) is 0 Å². The van der Waals surface area contributed by atoms with Crippen molar-refractivity contribution in [2.45, 2.75) is 17.9 Å². The minimum absolute atomic E-state index is 0.0762. The molecule has 110 valence electrons. The molecule has 0 amide bonds. The van der Waals surface area contributed by atoms with E-state index in [-0.39, 0.29) is 11.8 Å². The van der Waals surface area contributed by atoms with Gasteiger partial charge in [0, 0.05) is 0 Å². The third-order valence-corrected chi connectivity index (χ3v) is 5.35. The Balaban J connectivity index is 1.94. The molecule has 21 heavy (non-hydrogen) atoms. The first-order valence-electron chi connectivity index (χ1n) is 6.92. The first-order valence-corrected chi connectivity index (χ1v) is 8.57. The van der Waals surface area contributed by atoms with Gasteiger partial charge in [-0.25, -0.2) is 8.42 Å². The summed E-state index contributed by atoms with van der Waals surface area (Å²) < 4.78 is 30.0. The molecule has 1 aliphatic heterocycles. The van der Waals surface area contributed by atoms with E-state index in [4.69, 9.17) is 4.74 Å². The Bertz CT molecular complexity index is 756. The molecule has 4 nitrogen and oxygen atoms in total. The number of fused-ring (bicyclic) bond motifs is 1. The molecule has 2 aromatic carbocycles. The van der Waals surface area contributed by atoms with E-state index in [9.17, 15) is 8.42 Å². The van der Waals surface area contributed by atoms with Gasteiger partial charge in [0.2, 0.25) is 0 Å². The summed E-state index contributed by atoms with van der Waals surface area (Å²) in [6, 6.07) is 14.5. The summed E-state index contributed by atoms with van der Waals surface area (Å²) in [5, 5.41) is 3.30. The maximum Gasteiger partial charge on any atom is 0.181 e. The second-order valence-corrected chi connectivity index (χ2v) is 6.95. The summed E-state index contributed by atoms with van der Waals surface area (Å²) in [6.07, 6.45) is 0. The molecule has 1 heterocycles. The van der Waals surface area contributed by atoms with Crippen LogP contribution in [0.5, 0.6) is 5.75 Å². The predicted molar refractivity (Wildman–Crippen MR) is 82.5 cm³/mol. The van der Waals surface area contributed by atoms with Gasteiger partial charge in [-0.05, 0) is 30.7 Å². The number of sulfone groups is 1. The fourth-order valence-corrected chi connectivity index (χ4v) is 4.36. The van der Waals surface area contributed by atoms with E-state index in [1.807, 2.05) is 43.3 Å². The first kappa shape index (κ1) is 13.9. The molecule has 0 aromatic heterocycles. The predicted octanol–water partition coefficient (Wildman–Crippen LogP) is 3.03. The van der Waals surface area contributed by atoms with Crippen LogP contribution in [0.1, 0.15) is 18.5 Å². The van der Waals surface area contributed by atoms with Crippen LogP contribution in [0.4, 0.5) is 5.69 Å². The monoisotopic (exact) mass is 303 g/mol. The molecule has 2 aromatic rings. The Kier molecular flexibility index (Phi) is 3.59. The maximum absolute atomic E-state index is 12.2. The molecule has 0 fully saturated rings. The van der Waals surface area contributed by atoms with Crippen LogP contribution in [-0.2, 0) is 9.84 Å². The second kappa shape index (κ2) is 5.41. The molecule has 5 heteroatoms. The van der Waals surface area contributed by atoms with Gasteiger partial charge in [0.05, 0.1) is 29.0 Å². The van der Waals surface area contributed by atoms with Crippen LogP contribution in [0.25, 0.3) is 0 Å². The zero-order valence-corrected chi connectivity index (χ0v) is 12.6. The largest absolute Gasteiger partial charge is 0.492 e. The average Bonchev–Trinajstić information content (AvgIpc) is 2.73. The van der Waals surface area contributed by atoms with Crippen molar-refractivity contribution in [1.82, 2.24) is 0 Å². The summed E-state index contributed by atoms with van der Waals surface area (Å²) in [5.74, 6) is 0.814. The van der Waals surface area contributed by atoms with Crippen molar-refractivity contribution in [3.63, 3.8) is 0 Å². The summed E-state index contributed by atoms with van der Waals surface area (Å²) in [4.78, 5) is 0.427. The lowest BCUT2D eigenvalue weighted by molar-refractivity contribution is 0.341. The minimum atomic E-state index is -3.20. The molecule has 3 rings (SSSR count). The standard InChI is InChI=1S/C16H17NO3S/c1-2-20-15-9-5-4-8-13(15)17-14-11-21(18,19)16-10-6-3-7-12(14)16/h3-10,14,17H,2,11H2,1H3. The summed E-state index contributed by atoms with van der Waals surface area (Å²) in [5.41, 5.74) is 1.64. The average molecular weight is 303 g/mol. The Hall–Kier alpha value is -2.01. The normalized spacial score (nSPS) is 19.0. The topological polar surface area (TPSA) is 55.4 Å². The highest BCUT2D eigenvalue weighted by Gasteiger charge is 2.34. The van der Waals surface area contributed by atoms with Gasteiger partial charge in [0.25, 0.3) is 0 Å². The number of hydrogen-bond donors (Lipinski definition) is 1. The van der Waals surface area contributed by atoms with Crippen LogP contribution in [0.2, 0.25) is 0 Å². The third kappa shape index (κ3) is 2.61. The van der Waals surface area contributed by atoms with E-state index < -0.39 is 9.84 Å². The molecular weight excluding hydrogens is 286 g/mol. The van der Waals surface area contributed by atoms with Gasteiger partial charge in [-0.15, -0.1) is 0 Å². The number of para-hydroxylation sites is 2. The van der Waals surface area contributed by atoms with E-state index in [1.54, 1.807) is 12.1 Å². The molecule has 1 atom stereocenters. The second-order valence-electron chi connectivity index (χ2n) is 4.95. The van der Waals surface area contributed by atoms with Gasteiger partial charge in [0.1, 0.15) is 5.75 Å². The van der Waals surface area contributed by atoms with E-state index in [2.05, 4.69) is 5.32 Å². The molecule has 0 radical (unpaired) electrons. The molecule has 0 bridgehead atoms. The zero-order valence-electron chi connectivity index (χ0n) is 11.7. The van der Waals surface area contributed by atoms with Gasteiger partial charge in [-0.1, -0.05) is 30.3 Å². The van der Waals surface area contributed by atoms with E-state index >= 15 is 0 Å². The van der Waals surface area contributed by atoms with Gasteiger partial charge < -0.3 is 10.1 Å². The van der Waals surface area contributed by atoms with E-state index in [1.165, 1.54) is 0 Å². The van der Waals surface area contributed by atoms with Crippen LogP contribution < -0.4 is 10.1 Å². The van der Waals surface area contributed by atoms with Gasteiger partial charge >= 0.3 is 0 Å². The van der Waals surface area contributed by atoms with Crippen LogP contribution in [0.15, 0.2) is 53.4 Å². The lowest BCUT2D eigenvalue weighted by Gasteiger charge is -2.17. The zero-order chi connectivity index (χ0) is 14.9. The van der Waals surface area contributed by atoms with Crippen molar-refractivity contribution < 1.29 is 13.2 Å². The van der Waals surface area contributed by atoms with E-state index in [0.717, 1.165) is 17.0 Å². The molecule has 1 unspecified atom stereocenters. The number of anilines is 1. The lowest BCUT2D eigenvalue weighted by Crippen LogP contribution is -2.13. The number of ether oxygens (including phenoxy) is 1. The fraction of sp³-hybridized carbons (Fsp3) is 0.250. The van der Waals surface area contributed by atoms with Gasteiger partial charge in [-0.2, -0.15) is 0 Å². The Labute approximate surface area is 124 Å². The highest BCUT2D eigenvalue weighted by atomic mass is 32.2. The van der Waals surface area contributed by atoms with Gasteiger partial charge in [-0.3, -0.25) is 0 Å². The van der Waals surface area contributed by atoms with Crippen molar-refractivity contribution in [3.05, 3.63) is 54.1 Å². The van der Waals surface area contributed by atoms with Crippen molar-refractivity contribution in [1.29, 1.82) is 0 Å². The Morgan fingerprint density at radius 1 is 1.14 bits per heavy atom. The van der Waals surface area contributed by atoms with Gasteiger partial charge in [0.15, 0.2) is 9.84 Å². The summed E-state index contributed by atoms with van der Waals surface area (Å²) in [6.45, 7) is 2.49. The van der Waals surface area contributed by atoms with Crippen LogP contribution in [0, 0.1) is 0 Å². The summed E-state index contributed by atoms with van der Waals surface area (Å²) >= 11 is 0. The lowest BCUT2D eigenvalue weighted by atomic mass is 10.1. The Morgan fingerprint density at radius 2 is 1.86 bits per heavy atom. The minimum Gasteiger partial charge on any atom is -0.492 e. The third-order valence-electron chi connectivity index (χ3n) is 3.53. The summed E-state index contributed by atoms with van der Waals surface area (Å²) in [7, 11) is -3.20. The number of benzene rings is 2.